The highest BCUT2D eigenvalue weighted by Crippen LogP contribution is 2.38. The van der Waals surface area contributed by atoms with Crippen LogP contribution in [-0.4, -0.2) is 6.29 Å². The number of carbonyl (C=O) groups is 1. The highest BCUT2D eigenvalue weighted by atomic mass is 16.1. The predicted molar refractivity (Wildman–Crippen MR) is 76.0 cm³/mol. The first kappa shape index (κ1) is 13.3. The van der Waals surface area contributed by atoms with E-state index < -0.39 is 0 Å². The third-order valence-electron chi connectivity index (χ3n) is 4.77. The van der Waals surface area contributed by atoms with Crippen LogP contribution in [0.25, 0.3) is 0 Å². The summed E-state index contributed by atoms with van der Waals surface area (Å²) in [4.78, 5) is 10.7. The Bertz CT molecular complexity index is 371. The van der Waals surface area contributed by atoms with Crippen molar-refractivity contribution in [3.63, 3.8) is 0 Å². The van der Waals surface area contributed by atoms with Crippen molar-refractivity contribution < 1.29 is 4.79 Å². The molecule has 1 nitrogen and oxygen atoms in total. The van der Waals surface area contributed by atoms with E-state index in [1.165, 1.54) is 37.7 Å². The van der Waals surface area contributed by atoms with Crippen molar-refractivity contribution in [2.75, 3.05) is 0 Å². The van der Waals surface area contributed by atoms with Gasteiger partial charge in [0.05, 0.1) is 0 Å². The Kier molecular flexibility index (Phi) is 4.57. The van der Waals surface area contributed by atoms with Crippen LogP contribution in [0.4, 0.5) is 0 Å². The Balaban J connectivity index is 1.98. The van der Waals surface area contributed by atoms with Crippen LogP contribution in [0.3, 0.4) is 0 Å². The monoisotopic (exact) mass is 244 g/mol. The summed E-state index contributed by atoms with van der Waals surface area (Å²) >= 11 is 0. The molecule has 0 amide bonds. The summed E-state index contributed by atoms with van der Waals surface area (Å²) in [6.45, 7) is 4.65. The van der Waals surface area contributed by atoms with Gasteiger partial charge < -0.3 is 0 Å². The second kappa shape index (κ2) is 6.17. The molecule has 1 aromatic rings. The van der Waals surface area contributed by atoms with E-state index in [4.69, 9.17) is 0 Å². The van der Waals surface area contributed by atoms with Crippen LogP contribution in [0.2, 0.25) is 0 Å². The van der Waals surface area contributed by atoms with E-state index in [9.17, 15) is 4.79 Å². The van der Waals surface area contributed by atoms with Crippen LogP contribution in [0.5, 0.6) is 0 Å². The molecule has 0 aliphatic heterocycles. The zero-order valence-corrected chi connectivity index (χ0v) is 11.6. The molecular weight excluding hydrogens is 220 g/mol. The van der Waals surface area contributed by atoms with E-state index in [-0.39, 0.29) is 0 Å². The van der Waals surface area contributed by atoms with Gasteiger partial charge in [-0.1, -0.05) is 57.4 Å². The molecule has 0 aromatic heterocycles. The second-order valence-electron chi connectivity index (χ2n) is 5.76. The van der Waals surface area contributed by atoms with Crippen LogP contribution < -0.4 is 0 Å². The van der Waals surface area contributed by atoms with E-state index in [1.54, 1.807) is 0 Å². The Morgan fingerprint density at radius 3 is 2.28 bits per heavy atom. The maximum atomic E-state index is 10.7. The number of aldehydes is 1. The third-order valence-corrected chi connectivity index (χ3v) is 4.77. The van der Waals surface area contributed by atoms with Gasteiger partial charge in [0.25, 0.3) is 0 Å². The molecule has 18 heavy (non-hydrogen) atoms. The van der Waals surface area contributed by atoms with Gasteiger partial charge in [-0.15, -0.1) is 0 Å². The largest absolute Gasteiger partial charge is 0.298 e. The molecule has 1 aliphatic carbocycles. The van der Waals surface area contributed by atoms with Gasteiger partial charge in [0.15, 0.2) is 0 Å². The molecule has 0 spiro atoms. The molecule has 1 fully saturated rings. The van der Waals surface area contributed by atoms with Crippen LogP contribution in [0, 0.1) is 11.8 Å². The smallest absolute Gasteiger partial charge is 0.150 e. The quantitative estimate of drug-likeness (QED) is 0.694. The van der Waals surface area contributed by atoms with Gasteiger partial charge in [0.1, 0.15) is 6.29 Å². The molecule has 1 aliphatic rings. The molecule has 2 rings (SSSR count). The number of benzene rings is 1. The minimum Gasteiger partial charge on any atom is -0.298 e. The van der Waals surface area contributed by atoms with Gasteiger partial charge in [-0.05, 0) is 36.2 Å². The van der Waals surface area contributed by atoms with Gasteiger partial charge in [-0.25, -0.2) is 0 Å². The molecule has 98 valence electrons. The van der Waals surface area contributed by atoms with Crippen molar-refractivity contribution in [2.24, 2.45) is 11.8 Å². The fraction of sp³-hybridized carbons (Fsp3) is 0.588. The standard InChI is InChI=1S/C17H24O/c1-3-14-4-8-16(9-5-14)13(2)17-10-6-15(12-18)7-11-17/h6-7,10-14,16H,3-5,8-9H2,1-2H3. The molecule has 0 heterocycles. The molecule has 1 atom stereocenters. The lowest BCUT2D eigenvalue weighted by molar-refractivity contribution is 0.112. The molecule has 1 aromatic carbocycles. The molecule has 0 radical (unpaired) electrons. The lowest BCUT2D eigenvalue weighted by Crippen LogP contribution is -2.18. The summed E-state index contributed by atoms with van der Waals surface area (Å²) in [5.74, 6) is 2.42. The van der Waals surface area contributed by atoms with Crippen molar-refractivity contribution in [3.05, 3.63) is 35.4 Å². The third kappa shape index (κ3) is 3.01. The Hall–Kier alpha value is -1.11. The maximum Gasteiger partial charge on any atom is 0.150 e. The maximum absolute atomic E-state index is 10.7. The zero-order valence-electron chi connectivity index (χ0n) is 11.6. The van der Waals surface area contributed by atoms with E-state index in [0.29, 0.717) is 5.92 Å². The fourth-order valence-electron chi connectivity index (χ4n) is 3.25. The van der Waals surface area contributed by atoms with Crippen LogP contribution >= 0.6 is 0 Å². The molecular formula is C17H24O. The average Bonchev–Trinajstić information content (AvgIpc) is 2.47. The summed E-state index contributed by atoms with van der Waals surface area (Å²) in [6, 6.07) is 8.13. The Labute approximate surface area is 111 Å². The normalized spacial score (nSPS) is 25.7. The molecule has 0 bridgehead atoms. The first-order valence-electron chi connectivity index (χ1n) is 7.29. The van der Waals surface area contributed by atoms with Crippen LogP contribution in [-0.2, 0) is 0 Å². The molecule has 0 saturated heterocycles. The van der Waals surface area contributed by atoms with Crippen LogP contribution in [0.15, 0.2) is 24.3 Å². The van der Waals surface area contributed by atoms with Crippen molar-refractivity contribution in [2.45, 2.75) is 51.9 Å². The fourth-order valence-corrected chi connectivity index (χ4v) is 3.25. The minimum atomic E-state index is 0.628. The summed E-state index contributed by atoms with van der Waals surface area (Å²) in [5.41, 5.74) is 2.17. The lowest BCUT2D eigenvalue weighted by atomic mass is 9.73. The Morgan fingerprint density at radius 1 is 1.17 bits per heavy atom. The van der Waals surface area contributed by atoms with Gasteiger partial charge in [-0.2, -0.15) is 0 Å². The molecule has 1 saturated carbocycles. The van der Waals surface area contributed by atoms with Gasteiger partial charge in [0.2, 0.25) is 0 Å². The summed E-state index contributed by atoms with van der Waals surface area (Å²) in [7, 11) is 0. The highest BCUT2D eigenvalue weighted by molar-refractivity contribution is 5.74. The summed E-state index contributed by atoms with van der Waals surface area (Å²) < 4.78 is 0. The molecule has 0 N–H and O–H groups in total. The van der Waals surface area contributed by atoms with E-state index in [0.717, 1.165) is 23.7 Å². The SMILES string of the molecule is CCC1CCC(C(C)c2ccc(C=O)cc2)CC1. The predicted octanol–water partition coefficient (Wildman–Crippen LogP) is 4.82. The minimum absolute atomic E-state index is 0.628. The number of rotatable bonds is 4. The second-order valence-corrected chi connectivity index (χ2v) is 5.76. The molecule has 1 heteroatoms. The Morgan fingerprint density at radius 2 is 1.78 bits per heavy atom. The van der Waals surface area contributed by atoms with E-state index >= 15 is 0 Å². The zero-order chi connectivity index (χ0) is 13.0. The van der Waals surface area contributed by atoms with Crippen molar-refractivity contribution >= 4 is 6.29 Å². The van der Waals surface area contributed by atoms with Crippen LogP contribution in [0.1, 0.15) is 67.8 Å². The first-order valence-corrected chi connectivity index (χ1v) is 7.29. The topological polar surface area (TPSA) is 17.1 Å². The highest BCUT2D eigenvalue weighted by Gasteiger charge is 2.25. The summed E-state index contributed by atoms with van der Waals surface area (Å²) in [6.07, 6.45) is 7.80. The molecule has 1 unspecified atom stereocenters. The number of hydrogen-bond acceptors (Lipinski definition) is 1. The summed E-state index contributed by atoms with van der Waals surface area (Å²) in [5, 5.41) is 0. The average molecular weight is 244 g/mol. The van der Waals surface area contributed by atoms with Gasteiger partial charge in [0, 0.05) is 5.56 Å². The van der Waals surface area contributed by atoms with Crippen molar-refractivity contribution in [1.29, 1.82) is 0 Å². The van der Waals surface area contributed by atoms with Crippen molar-refractivity contribution in [3.8, 4) is 0 Å². The lowest BCUT2D eigenvalue weighted by Gasteiger charge is -2.32. The van der Waals surface area contributed by atoms with Gasteiger partial charge >= 0.3 is 0 Å². The van der Waals surface area contributed by atoms with Gasteiger partial charge in [-0.3, -0.25) is 4.79 Å². The van der Waals surface area contributed by atoms with E-state index in [1.807, 2.05) is 12.1 Å². The van der Waals surface area contributed by atoms with Crippen molar-refractivity contribution in [1.82, 2.24) is 0 Å². The number of hydrogen-bond donors (Lipinski definition) is 0. The van der Waals surface area contributed by atoms with E-state index in [2.05, 4.69) is 26.0 Å². The number of carbonyl (C=O) groups excluding carboxylic acids is 1. The first-order chi connectivity index (χ1) is 8.74.